The molecule has 0 saturated carbocycles. The molecule has 6 heteroatoms. The highest BCUT2D eigenvalue weighted by Crippen LogP contribution is 2.39. The Hall–Kier alpha value is -3.02. The van der Waals surface area contributed by atoms with Gasteiger partial charge in [0.15, 0.2) is 0 Å². The number of anilines is 1. The number of amides is 2. The van der Waals surface area contributed by atoms with Gasteiger partial charge in [-0.25, -0.2) is 0 Å². The minimum atomic E-state index is -0.0262. The van der Waals surface area contributed by atoms with Crippen molar-refractivity contribution in [3.05, 3.63) is 53.6 Å². The van der Waals surface area contributed by atoms with E-state index >= 15 is 0 Å². The van der Waals surface area contributed by atoms with E-state index in [0.717, 1.165) is 55.0 Å². The quantitative estimate of drug-likeness (QED) is 0.744. The molecule has 0 aromatic heterocycles. The number of likely N-dealkylation sites (tertiary alicyclic amines) is 1. The smallest absolute Gasteiger partial charge is 0.254 e. The molecule has 0 N–H and O–H groups in total. The molecule has 4 rings (SSSR count). The van der Waals surface area contributed by atoms with E-state index in [1.165, 1.54) is 0 Å². The van der Waals surface area contributed by atoms with Crippen LogP contribution in [0.15, 0.2) is 42.5 Å². The Balaban J connectivity index is 1.55. The lowest BCUT2D eigenvalue weighted by Crippen LogP contribution is -2.35. The van der Waals surface area contributed by atoms with Gasteiger partial charge in [0.1, 0.15) is 11.5 Å². The van der Waals surface area contributed by atoms with Crippen LogP contribution in [0, 0.1) is 0 Å². The number of hydrogen-bond acceptors (Lipinski definition) is 4. The Morgan fingerprint density at radius 2 is 1.77 bits per heavy atom. The number of methoxy groups -OCH3 is 2. The van der Waals surface area contributed by atoms with Crippen LogP contribution in [0.3, 0.4) is 0 Å². The van der Waals surface area contributed by atoms with Gasteiger partial charge in [-0.3, -0.25) is 9.59 Å². The van der Waals surface area contributed by atoms with E-state index in [1.807, 2.05) is 52.3 Å². The van der Waals surface area contributed by atoms with E-state index in [4.69, 9.17) is 9.47 Å². The van der Waals surface area contributed by atoms with Crippen LogP contribution in [0.2, 0.25) is 0 Å². The van der Waals surface area contributed by atoms with Gasteiger partial charge >= 0.3 is 0 Å². The molecule has 0 aliphatic carbocycles. The predicted octanol–water partition coefficient (Wildman–Crippen LogP) is 4.20. The van der Waals surface area contributed by atoms with E-state index < -0.39 is 0 Å². The molecule has 0 bridgehead atoms. The summed E-state index contributed by atoms with van der Waals surface area (Å²) in [4.78, 5) is 29.2. The third-order valence-corrected chi connectivity index (χ3v) is 6.06. The first kappa shape index (κ1) is 20.3. The Morgan fingerprint density at radius 3 is 2.47 bits per heavy atom. The van der Waals surface area contributed by atoms with Crippen molar-refractivity contribution in [2.75, 3.05) is 32.2 Å². The molecule has 2 amide bonds. The topological polar surface area (TPSA) is 59.1 Å². The number of ether oxygens (including phenoxy) is 2. The maximum atomic E-state index is 13.3. The maximum Gasteiger partial charge on any atom is 0.254 e. The van der Waals surface area contributed by atoms with E-state index in [9.17, 15) is 9.59 Å². The first-order valence-electron chi connectivity index (χ1n) is 10.6. The van der Waals surface area contributed by atoms with Crippen molar-refractivity contribution in [2.24, 2.45) is 0 Å². The number of hydrogen-bond donors (Lipinski definition) is 0. The molecule has 2 aliphatic rings. The van der Waals surface area contributed by atoms with Crippen LogP contribution >= 0.6 is 0 Å². The van der Waals surface area contributed by atoms with Crippen molar-refractivity contribution in [3.8, 4) is 11.5 Å². The summed E-state index contributed by atoms with van der Waals surface area (Å²) in [7, 11) is 3.26. The highest BCUT2D eigenvalue weighted by atomic mass is 16.5. The highest BCUT2D eigenvalue weighted by Gasteiger charge is 2.32. The fraction of sp³-hybridized carbons (Fsp3) is 0.417. The molecule has 2 fully saturated rings. The minimum Gasteiger partial charge on any atom is -0.497 e. The molecule has 158 valence electrons. The largest absolute Gasteiger partial charge is 0.497 e. The zero-order valence-electron chi connectivity index (χ0n) is 17.6. The molecule has 1 unspecified atom stereocenters. The molecule has 1 atom stereocenters. The summed E-state index contributed by atoms with van der Waals surface area (Å²) in [5.74, 6) is 1.63. The fourth-order valence-electron chi connectivity index (χ4n) is 4.46. The van der Waals surface area contributed by atoms with Gasteiger partial charge in [-0.1, -0.05) is 0 Å². The van der Waals surface area contributed by atoms with Crippen molar-refractivity contribution >= 4 is 17.5 Å². The molecule has 6 nitrogen and oxygen atoms in total. The summed E-state index contributed by atoms with van der Waals surface area (Å²) in [6.45, 7) is 1.46. The van der Waals surface area contributed by atoms with E-state index in [-0.39, 0.29) is 17.9 Å². The molecule has 2 saturated heterocycles. The second-order valence-corrected chi connectivity index (χ2v) is 7.81. The van der Waals surface area contributed by atoms with E-state index in [2.05, 4.69) is 0 Å². The second-order valence-electron chi connectivity index (χ2n) is 7.81. The van der Waals surface area contributed by atoms with Crippen molar-refractivity contribution < 1.29 is 19.1 Å². The normalized spacial score (nSPS) is 19.1. The van der Waals surface area contributed by atoms with E-state index in [1.54, 1.807) is 14.2 Å². The molecular weight excluding hydrogens is 380 g/mol. The van der Waals surface area contributed by atoms with Gasteiger partial charge in [0, 0.05) is 42.4 Å². The van der Waals surface area contributed by atoms with Crippen molar-refractivity contribution in [2.45, 2.75) is 38.1 Å². The summed E-state index contributed by atoms with van der Waals surface area (Å²) in [5.41, 5.74) is 2.51. The summed E-state index contributed by atoms with van der Waals surface area (Å²) in [6.07, 6.45) is 4.42. The standard InChI is InChI=1S/C24H28N2O4/c1-29-19-12-13-20(22(16-19)30-2)21-6-5-15-26(21)24(28)17-8-10-18(11-9-17)25-14-4-3-7-23(25)27/h8-13,16,21H,3-7,14-15H2,1-2H3. The lowest BCUT2D eigenvalue weighted by molar-refractivity contribution is -0.119. The van der Waals surface area contributed by atoms with Gasteiger partial charge in [0.05, 0.1) is 20.3 Å². The van der Waals surface area contributed by atoms with Gasteiger partial charge in [-0.15, -0.1) is 0 Å². The number of piperidine rings is 1. The van der Waals surface area contributed by atoms with Crippen LogP contribution < -0.4 is 14.4 Å². The first-order valence-corrected chi connectivity index (χ1v) is 10.6. The molecule has 2 aliphatic heterocycles. The van der Waals surface area contributed by atoms with Crippen LogP contribution in [0.25, 0.3) is 0 Å². The maximum absolute atomic E-state index is 13.3. The first-order chi connectivity index (χ1) is 14.6. The Labute approximate surface area is 177 Å². The fourth-order valence-corrected chi connectivity index (χ4v) is 4.46. The number of rotatable bonds is 5. The minimum absolute atomic E-state index is 0.00638. The second kappa shape index (κ2) is 8.78. The number of nitrogens with zero attached hydrogens (tertiary/aromatic N) is 2. The summed E-state index contributed by atoms with van der Waals surface area (Å²) < 4.78 is 10.9. The SMILES string of the molecule is COc1ccc(C2CCCN2C(=O)c2ccc(N3CCCCC3=O)cc2)c(OC)c1. The zero-order chi connectivity index (χ0) is 21.1. The summed E-state index contributed by atoms with van der Waals surface area (Å²) in [6, 6.07) is 13.2. The van der Waals surface area contributed by atoms with Crippen molar-refractivity contribution in [1.29, 1.82) is 0 Å². The predicted molar refractivity (Wildman–Crippen MR) is 115 cm³/mol. The number of carbonyl (C=O) groups excluding carboxylic acids is 2. The Kier molecular flexibility index (Phi) is 5.93. The number of benzene rings is 2. The molecule has 0 spiro atoms. The third kappa shape index (κ3) is 3.86. The van der Waals surface area contributed by atoms with Gasteiger partial charge < -0.3 is 19.3 Å². The van der Waals surface area contributed by atoms with Gasteiger partial charge in [-0.05, 0) is 62.1 Å². The molecule has 0 radical (unpaired) electrons. The average molecular weight is 408 g/mol. The van der Waals surface area contributed by atoms with Crippen LogP contribution in [-0.4, -0.2) is 44.0 Å². The lowest BCUT2D eigenvalue weighted by Gasteiger charge is -2.28. The van der Waals surface area contributed by atoms with Crippen molar-refractivity contribution in [3.63, 3.8) is 0 Å². The summed E-state index contributed by atoms with van der Waals surface area (Å²) in [5, 5.41) is 0. The molecule has 30 heavy (non-hydrogen) atoms. The Morgan fingerprint density at radius 1 is 0.967 bits per heavy atom. The van der Waals surface area contributed by atoms with Crippen LogP contribution in [-0.2, 0) is 4.79 Å². The number of carbonyl (C=O) groups is 2. The van der Waals surface area contributed by atoms with Gasteiger partial charge in [0.2, 0.25) is 5.91 Å². The van der Waals surface area contributed by atoms with Crippen LogP contribution in [0.4, 0.5) is 5.69 Å². The molecule has 2 aromatic rings. The van der Waals surface area contributed by atoms with E-state index in [0.29, 0.717) is 18.5 Å². The molecule has 2 heterocycles. The molecular formula is C24H28N2O4. The van der Waals surface area contributed by atoms with Crippen LogP contribution in [0.1, 0.15) is 54.1 Å². The zero-order valence-corrected chi connectivity index (χ0v) is 17.6. The third-order valence-electron chi connectivity index (χ3n) is 6.06. The lowest BCUT2D eigenvalue weighted by atomic mass is 10.0. The molecule has 2 aromatic carbocycles. The van der Waals surface area contributed by atoms with Crippen molar-refractivity contribution in [1.82, 2.24) is 4.90 Å². The van der Waals surface area contributed by atoms with Gasteiger partial charge in [0.25, 0.3) is 5.91 Å². The average Bonchev–Trinajstić information content (AvgIpc) is 3.28. The highest BCUT2D eigenvalue weighted by molar-refractivity contribution is 5.97. The van der Waals surface area contributed by atoms with Gasteiger partial charge in [-0.2, -0.15) is 0 Å². The Bertz CT molecular complexity index is 925. The summed E-state index contributed by atoms with van der Waals surface area (Å²) >= 11 is 0. The van der Waals surface area contributed by atoms with Crippen LogP contribution in [0.5, 0.6) is 11.5 Å². The monoisotopic (exact) mass is 408 g/mol.